The molecule has 4 aromatic rings. The fraction of sp³-hybridized carbons (Fsp3) is 0.375. The first kappa shape index (κ1) is 36.0. The zero-order chi connectivity index (χ0) is 35.6. The van der Waals surface area contributed by atoms with Crippen LogP contribution < -0.4 is 10.4 Å². The number of nitrogens with zero attached hydrogens (tertiary/aromatic N) is 2. The average Bonchev–Trinajstić information content (AvgIpc) is 3.36. The monoisotopic (exact) mass is 736 g/mol. The highest BCUT2D eigenvalue weighted by Gasteiger charge is 2.53. The van der Waals surface area contributed by atoms with E-state index in [0.29, 0.717) is 27.7 Å². The third-order valence-electron chi connectivity index (χ3n) is 7.29. The molecule has 1 aliphatic rings. The van der Waals surface area contributed by atoms with Gasteiger partial charge in [-0.3, -0.25) is 23.7 Å². The number of esters is 4. The Morgan fingerprint density at radius 2 is 1.55 bits per heavy atom. The Kier molecular flexibility index (Phi) is 11.1. The van der Waals surface area contributed by atoms with Crippen LogP contribution >= 0.6 is 35.0 Å². The number of para-hydroxylation sites is 1. The van der Waals surface area contributed by atoms with Crippen LogP contribution in [0.2, 0.25) is 10.0 Å². The first-order valence-electron chi connectivity index (χ1n) is 14.7. The molecule has 0 spiro atoms. The van der Waals surface area contributed by atoms with Crippen molar-refractivity contribution in [2.24, 2.45) is 0 Å². The Balaban J connectivity index is 1.66. The normalized spacial score (nSPS) is 20.5. The predicted molar refractivity (Wildman–Crippen MR) is 176 cm³/mol. The van der Waals surface area contributed by atoms with E-state index in [2.05, 4.69) is 0 Å². The second-order valence-corrected chi connectivity index (χ2v) is 12.6. The summed E-state index contributed by atoms with van der Waals surface area (Å²) in [6, 6.07) is 9.90. The molecular weight excluding hydrogens is 707 g/mol. The number of ether oxygens (including phenoxy) is 6. The molecule has 0 aliphatic carbocycles. The Morgan fingerprint density at radius 3 is 2.20 bits per heavy atom. The lowest BCUT2D eigenvalue weighted by molar-refractivity contribution is -0.269. The zero-order valence-corrected chi connectivity index (χ0v) is 29.1. The van der Waals surface area contributed by atoms with Gasteiger partial charge in [0.1, 0.15) is 12.7 Å². The molecule has 3 heterocycles. The first-order valence-corrected chi connectivity index (χ1v) is 16.4. The summed E-state index contributed by atoms with van der Waals surface area (Å²) in [4.78, 5) is 66.7. The maximum atomic E-state index is 13.1. The molecule has 260 valence electrons. The van der Waals surface area contributed by atoms with Crippen molar-refractivity contribution in [3.05, 3.63) is 62.4 Å². The Bertz CT molecular complexity index is 2000. The number of aromatic nitrogens is 2. The van der Waals surface area contributed by atoms with Gasteiger partial charge in [0.2, 0.25) is 0 Å². The van der Waals surface area contributed by atoms with E-state index in [1.807, 2.05) is 0 Å². The predicted octanol–water partition coefficient (Wildman–Crippen LogP) is 5.01. The molecule has 0 bridgehead atoms. The first-order chi connectivity index (χ1) is 23.3. The minimum absolute atomic E-state index is 0.0472. The molecular formula is C32H30Cl2N2O12S. The summed E-state index contributed by atoms with van der Waals surface area (Å²) in [5.41, 5.74) is 0.679. The smallest absolute Gasteiger partial charge is 0.340 e. The van der Waals surface area contributed by atoms with Gasteiger partial charge in [0.05, 0.1) is 28.2 Å². The quantitative estimate of drug-likeness (QED) is 0.0921. The third-order valence-corrected chi connectivity index (χ3v) is 9.02. The highest BCUT2D eigenvalue weighted by molar-refractivity contribution is 7.98. The Hall–Kier alpha value is -4.31. The highest BCUT2D eigenvalue weighted by Crippen LogP contribution is 2.41. The van der Waals surface area contributed by atoms with E-state index in [9.17, 15) is 24.0 Å². The molecule has 2 aromatic heterocycles. The van der Waals surface area contributed by atoms with Crippen LogP contribution in [-0.4, -0.2) is 71.6 Å². The summed E-state index contributed by atoms with van der Waals surface area (Å²) < 4.78 is 40.9. The molecule has 0 unspecified atom stereocenters. The van der Waals surface area contributed by atoms with Crippen LogP contribution in [0.25, 0.3) is 22.0 Å². The van der Waals surface area contributed by atoms with E-state index >= 15 is 0 Å². The summed E-state index contributed by atoms with van der Waals surface area (Å²) in [5, 5.41) is 1.21. The van der Waals surface area contributed by atoms with Crippen LogP contribution in [0.1, 0.15) is 39.5 Å². The van der Waals surface area contributed by atoms with Crippen molar-refractivity contribution in [3.63, 3.8) is 0 Å². The van der Waals surface area contributed by atoms with E-state index in [4.69, 9.17) is 61.0 Å². The largest absolute Gasteiger partial charge is 0.493 e. The molecule has 0 N–H and O–H groups in total. The average molecular weight is 738 g/mol. The van der Waals surface area contributed by atoms with Crippen LogP contribution in [0.3, 0.4) is 0 Å². The molecule has 14 nitrogen and oxygen atoms in total. The molecule has 5 rings (SSSR count). The third kappa shape index (κ3) is 7.96. The number of hydrogen-bond acceptors (Lipinski definition) is 14. The number of carbonyl (C=O) groups excluding carboxylic acids is 4. The van der Waals surface area contributed by atoms with Crippen molar-refractivity contribution in [2.75, 3.05) is 13.7 Å². The van der Waals surface area contributed by atoms with Gasteiger partial charge in [-0.1, -0.05) is 47.1 Å². The number of halogens is 2. The lowest BCUT2D eigenvalue weighted by atomic mass is 9.97. The van der Waals surface area contributed by atoms with Crippen molar-refractivity contribution in [1.82, 2.24) is 9.55 Å². The summed E-state index contributed by atoms with van der Waals surface area (Å²) in [5.74, 6) is -2.55. The topological polar surface area (TPSA) is 172 Å². The highest BCUT2D eigenvalue weighted by atomic mass is 35.5. The zero-order valence-electron chi connectivity index (χ0n) is 26.7. The van der Waals surface area contributed by atoms with Crippen molar-refractivity contribution in [1.29, 1.82) is 0 Å². The van der Waals surface area contributed by atoms with Crippen LogP contribution in [0, 0.1) is 0 Å². The van der Waals surface area contributed by atoms with Gasteiger partial charge in [-0.25, -0.2) is 9.78 Å². The van der Waals surface area contributed by atoms with Gasteiger partial charge in [-0.15, -0.1) is 0 Å². The standard InChI is InChI=1S/C32H30Cl2N2O12S/c1-14(37)43-12-25-27(44-15(2)38)28(45-16(3)39)29(46-17(4)40)30(47-25)36-23-11-21(34)20(33)10-22(23)35-32(36)49-13-19-9-18-7-6-8-24(42-5)26(18)48-31(19)41/h6-11,25,27-30H,12-13H2,1-5H3/t25-,27-,28+,29-,30-/m1/s1. The van der Waals surface area contributed by atoms with Crippen LogP contribution in [-0.2, 0) is 48.6 Å². The van der Waals surface area contributed by atoms with E-state index in [1.54, 1.807) is 24.3 Å². The molecule has 17 heteroatoms. The van der Waals surface area contributed by atoms with Crippen molar-refractivity contribution < 1.29 is 52.0 Å². The van der Waals surface area contributed by atoms with Gasteiger partial charge >= 0.3 is 29.5 Å². The number of hydrogen-bond donors (Lipinski definition) is 0. The van der Waals surface area contributed by atoms with Gasteiger partial charge in [-0.2, -0.15) is 0 Å². The number of fused-ring (bicyclic) bond motifs is 2. The van der Waals surface area contributed by atoms with Crippen molar-refractivity contribution >= 4 is 80.8 Å². The van der Waals surface area contributed by atoms with Crippen LogP contribution in [0.15, 0.2) is 50.8 Å². The van der Waals surface area contributed by atoms with Gasteiger partial charge in [-0.05, 0) is 24.3 Å². The van der Waals surface area contributed by atoms with E-state index in [0.717, 1.165) is 32.5 Å². The van der Waals surface area contributed by atoms with Crippen molar-refractivity contribution in [3.8, 4) is 5.75 Å². The van der Waals surface area contributed by atoms with Gasteiger partial charge in [0.25, 0.3) is 0 Å². The molecule has 0 radical (unpaired) electrons. The molecule has 49 heavy (non-hydrogen) atoms. The van der Waals surface area contributed by atoms with Crippen LogP contribution in [0.4, 0.5) is 0 Å². The Labute approximate surface area is 292 Å². The number of carbonyl (C=O) groups is 4. The fourth-order valence-corrected chi connectivity index (χ4v) is 6.70. The van der Waals surface area contributed by atoms with Gasteiger partial charge < -0.3 is 32.8 Å². The molecule has 0 saturated carbocycles. The van der Waals surface area contributed by atoms with E-state index in [-0.39, 0.29) is 26.5 Å². The maximum absolute atomic E-state index is 13.1. The number of imidazole rings is 1. The fourth-order valence-electron chi connectivity index (χ4n) is 5.39. The minimum atomic E-state index is -1.44. The number of rotatable bonds is 10. The maximum Gasteiger partial charge on any atom is 0.340 e. The number of methoxy groups -OCH3 is 1. The molecule has 5 atom stereocenters. The van der Waals surface area contributed by atoms with E-state index < -0.39 is 66.8 Å². The molecule has 2 aromatic carbocycles. The second-order valence-electron chi connectivity index (χ2n) is 10.8. The molecule has 1 saturated heterocycles. The molecule has 0 amide bonds. The van der Waals surface area contributed by atoms with Gasteiger partial charge in [0.15, 0.2) is 41.0 Å². The summed E-state index contributed by atoms with van der Waals surface area (Å²) in [7, 11) is 1.47. The molecule has 1 aliphatic heterocycles. The summed E-state index contributed by atoms with van der Waals surface area (Å²) in [6.45, 7) is 4.14. The summed E-state index contributed by atoms with van der Waals surface area (Å²) >= 11 is 13.9. The second kappa shape index (κ2) is 15.1. The minimum Gasteiger partial charge on any atom is -0.493 e. The van der Waals surface area contributed by atoms with Crippen molar-refractivity contribution in [2.45, 2.75) is 69.2 Å². The number of thioether (sulfide) groups is 1. The number of benzene rings is 2. The Morgan fingerprint density at radius 1 is 0.898 bits per heavy atom. The van der Waals surface area contributed by atoms with Gasteiger partial charge in [0, 0.05) is 44.4 Å². The lowest BCUT2D eigenvalue weighted by Gasteiger charge is -2.45. The van der Waals surface area contributed by atoms with E-state index in [1.165, 1.54) is 30.7 Å². The SMILES string of the molecule is COc1cccc2cc(CSc3nc4cc(Cl)c(Cl)cc4n3[C@@H]3O[C@H](COC(C)=O)[C@@H](OC(C)=O)[C@H](OC(C)=O)[C@H]3OC(C)=O)c(=O)oc12. The summed E-state index contributed by atoms with van der Waals surface area (Å²) in [6.07, 6.45) is -6.82. The lowest BCUT2D eigenvalue weighted by Crippen LogP contribution is -2.60. The molecule has 1 fully saturated rings. The van der Waals surface area contributed by atoms with Crippen LogP contribution in [0.5, 0.6) is 5.75 Å².